The van der Waals surface area contributed by atoms with E-state index < -0.39 is 0 Å². The third-order valence-electron chi connectivity index (χ3n) is 3.24. The Hall–Kier alpha value is -2.21. The van der Waals surface area contributed by atoms with Gasteiger partial charge in [0.15, 0.2) is 0 Å². The maximum absolute atomic E-state index is 11.8. The van der Waals surface area contributed by atoms with Crippen molar-refractivity contribution in [1.29, 1.82) is 0 Å². The molecular weight excluding hydrogens is 284 g/mol. The highest BCUT2D eigenvalue weighted by atomic mass is 32.1. The number of nitrogens with one attached hydrogen (secondary N) is 1. The fourth-order valence-corrected chi connectivity index (χ4v) is 2.80. The number of rotatable bonds is 5. The van der Waals surface area contributed by atoms with Gasteiger partial charge in [-0.1, -0.05) is 0 Å². The lowest BCUT2D eigenvalue weighted by atomic mass is 10.3. The van der Waals surface area contributed by atoms with E-state index in [1.54, 1.807) is 11.6 Å². The molecule has 21 heavy (non-hydrogen) atoms. The van der Waals surface area contributed by atoms with Crippen LogP contribution in [0.15, 0.2) is 36.0 Å². The van der Waals surface area contributed by atoms with E-state index in [4.69, 9.17) is 0 Å². The number of carbonyl (C=O) groups excluding carboxylic acids is 1. The van der Waals surface area contributed by atoms with Crippen LogP contribution in [0.1, 0.15) is 21.9 Å². The summed E-state index contributed by atoms with van der Waals surface area (Å²) in [5.74, 6) is -0.102. The molecule has 0 saturated carbocycles. The molecule has 0 aliphatic rings. The summed E-state index contributed by atoms with van der Waals surface area (Å²) in [5.41, 5.74) is 1.49. The van der Waals surface area contributed by atoms with Crippen molar-refractivity contribution in [3.63, 3.8) is 0 Å². The van der Waals surface area contributed by atoms with E-state index >= 15 is 0 Å². The summed E-state index contributed by atoms with van der Waals surface area (Å²) in [7, 11) is 0. The van der Waals surface area contributed by atoms with Crippen LogP contribution in [-0.2, 0) is 6.54 Å². The van der Waals surface area contributed by atoms with Gasteiger partial charge < -0.3 is 9.88 Å². The molecule has 0 spiro atoms. The van der Waals surface area contributed by atoms with Crippen molar-refractivity contribution in [3.8, 4) is 0 Å². The summed E-state index contributed by atoms with van der Waals surface area (Å²) in [6.45, 7) is 3.35. The largest absolute Gasteiger partial charge is 0.351 e. The lowest BCUT2D eigenvalue weighted by molar-refractivity contribution is 0.0948. The van der Waals surface area contributed by atoms with Gasteiger partial charge in [-0.15, -0.1) is 11.3 Å². The first-order chi connectivity index (χ1) is 10.2. The Labute approximate surface area is 126 Å². The van der Waals surface area contributed by atoms with E-state index in [0.717, 1.165) is 29.0 Å². The van der Waals surface area contributed by atoms with Gasteiger partial charge in [-0.2, -0.15) is 0 Å². The fraction of sp³-hybridized carbons (Fsp3) is 0.267. The van der Waals surface area contributed by atoms with Crippen molar-refractivity contribution in [2.75, 3.05) is 6.54 Å². The smallest absolute Gasteiger partial charge is 0.270 e. The molecule has 0 unspecified atom stereocenters. The molecule has 0 aliphatic heterocycles. The van der Waals surface area contributed by atoms with Crippen LogP contribution in [-0.4, -0.2) is 27.0 Å². The quantitative estimate of drug-likeness (QED) is 0.737. The number of fused-ring (bicyclic) bond motifs is 1. The number of nitrogens with zero attached hydrogens (tertiary/aromatic N) is 3. The van der Waals surface area contributed by atoms with Crippen molar-refractivity contribution in [2.24, 2.45) is 0 Å². The van der Waals surface area contributed by atoms with Gasteiger partial charge in [0.25, 0.3) is 5.91 Å². The number of thiazole rings is 1. The van der Waals surface area contributed by atoms with E-state index in [1.165, 1.54) is 11.3 Å². The van der Waals surface area contributed by atoms with Crippen LogP contribution in [0.2, 0.25) is 0 Å². The van der Waals surface area contributed by atoms with E-state index in [0.29, 0.717) is 12.2 Å². The second-order valence-electron chi connectivity index (χ2n) is 4.79. The molecule has 3 rings (SSSR count). The predicted octanol–water partition coefficient (Wildman–Crippen LogP) is 2.62. The summed E-state index contributed by atoms with van der Waals surface area (Å²) in [6, 6.07) is 6.03. The molecular formula is C15H16N4OS. The normalized spacial score (nSPS) is 10.9. The predicted molar refractivity (Wildman–Crippen MR) is 83.5 cm³/mol. The third kappa shape index (κ3) is 3.11. The molecule has 0 atom stereocenters. The molecule has 6 heteroatoms. The molecule has 108 valence electrons. The van der Waals surface area contributed by atoms with Crippen LogP contribution in [0.25, 0.3) is 11.0 Å². The second kappa shape index (κ2) is 6.05. The minimum absolute atomic E-state index is 0.102. The minimum Gasteiger partial charge on any atom is -0.351 e. The summed E-state index contributed by atoms with van der Waals surface area (Å²) < 4.78 is 2.11. The Bertz CT molecular complexity index is 762. The lowest BCUT2D eigenvalue weighted by Gasteiger charge is -2.05. The number of pyridine rings is 1. The van der Waals surface area contributed by atoms with E-state index in [1.807, 2.05) is 25.3 Å². The highest BCUT2D eigenvalue weighted by Gasteiger charge is 2.08. The minimum atomic E-state index is -0.102. The number of amides is 1. The number of aromatic nitrogens is 3. The zero-order valence-corrected chi connectivity index (χ0v) is 12.6. The third-order valence-corrected chi connectivity index (χ3v) is 4.01. The topological polar surface area (TPSA) is 59.8 Å². The van der Waals surface area contributed by atoms with Crippen LogP contribution in [0.5, 0.6) is 0 Å². The zero-order valence-electron chi connectivity index (χ0n) is 11.7. The number of hydrogen-bond acceptors (Lipinski definition) is 4. The summed E-state index contributed by atoms with van der Waals surface area (Å²) in [6.07, 6.45) is 4.68. The molecule has 0 aliphatic carbocycles. The summed E-state index contributed by atoms with van der Waals surface area (Å²) in [5, 5.41) is 6.73. The summed E-state index contributed by atoms with van der Waals surface area (Å²) in [4.78, 5) is 20.4. The van der Waals surface area contributed by atoms with Crippen molar-refractivity contribution in [3.05, 3.63) is 46.7 Å². The second-order valence-corrected chi connectivity index (χ2v) is 5.85. The highest BCUT2D eigenvalue weighted by Crippen LogP contribution is 2.12. The Kier molecular flexibility index (Phi) is 3.96. The van der Waals surface area contributed by atoms with E-state index in [2.05, 4.69) is 25.9 Å². The molecule has 3 aromatic heterocycles. The van der Waals surface area contributed by atoms with Crippen LogP contribution in [0, 0.1) is 6.92 Å². The van der Waals surface area contributed by atoms with Gasteiger partial charge in [-0.3, -0.25) is 4.79 Å². The number of hydrogen-bond donors (Lipinski definition) is 1. The molecule has 1 amide bonds. The van der Waals surface area contributed by atoms with Gasteiger partial charge in [-0.25, -0.2) is 9.97 Å². The SMILES string of the molecule is Cc1nc(C(=O)NCCCn2ccc3cccnc32)cs1. The van der Waals surface area contributed by atoms with Gasteiger partial charge in [0.2, 0.25) is 0 Å². The molecule has 5 nitrogen and oxygen atoms in total. The maximum Gasteiger partial charge on any atom is 0.270 e. The monoisotopic (exact) mass is 300 g/mol. The molecule has 0 saturated heterocycles. The van der Waals surface area contributed by atoms with Crippen LogP contribution in [0.4, 0.5) is 0 Å². The van der Waals surface area contributed by atoms with Crippen molar-refractivity contribution >= 4 is 28.3 Å². The van der Waals surface area contributed by atoms with Crippen molar-refractivity contribution < 1.29 is 4.79 Å². The molecule has 3 aromatic rings. The Morgan fingerprint density at radius 3 is 3.14 bits per heavy atom. The zero-order chi connectivity index (χ0) is 14.7. The van der Waals surface area contributed by atoms with E-state index in [-0.39, 0.29) is 5.91 Å². The van der Waals surface area contributed by atoms with Crippen LogP contribution >= 0.6 is 11.3 Å². The average molecular weight is 300 g/mol. The van der Waals surface area contributed by atoms with Gasteiger partial charge >= 0.3 is 0 Å². The van der Waals surface area contributed by atoms with Crippen molar-refractivity contribution in [2.45, 2.75) is 19.9 Å². The standard InChI is InChI=1S/C15H16N4OS/c1-11-18-13(10-21-11)15(20)17-7-3-8-19-9-5-12-4-2-6-16-14(12)19/h2,4-6,9-10H,3,7-8H2,1H3,(H,17,20). The highest BCUT2D eigenvalue weighted by molar-refractivity contribution is 7.09. The first-order valence-electron chi connectivity index (χ1n) is 6.84. The van der Waals surface area contributed by atoms with Crippen molar-refractivity contribution in [1.82, 2.24) is 19.9 Å². The van der Waals surface area contributed by atoms with Gasteiger partial charge in [0, 0.05) is 36.2 Å². The average Bonchev–Trinajstić information content (AvgIpc) is 3.10. The summed E-state index contributed by atoms with van der Waals surface area (Å²) >= 11 is 1.49. The number of carbonyl (C=O) groups is 1. The van der Waals surface area contributed by atoms with Crippen LogP contribution < -0.4 is 5.32 Å². The molecule has 1 N–H and O–H groups in total. The molecule has 3 heterocycles. The van der Waals surface area contributed by atoms with Gasteiger partial charge in [0.05, 0.1) is 5.01 Å². The Morgan fingerprint density at radius 1 is 1.43 bits per heavy atom. The Balaban J connectivity index is 1.51. The maximum atomic E-state index is 11.8. The first kappa shape index (κ1) is 13.8. The molecule has 0 fully saturated rings. The first-order valence-corrected chi connectivity index (χ1v) is 7.72. The molecule has 0 bridgehead atoms. The lowest BCUT2D eigenvalue weighted by Crippen LogP contribution is -2.25. The Morgan fingerprint density at radius 2 is 2.33 bits per heavy atom. The fourth-order valence-electron chi connectivity index (χ4n) is 2.21. The van der Waals surface area contributed by atoms with Gasteiger partial charge in [-0.05, 0) is 31.5 Å². The molecule has 0 radical (unpaired) electrons. The molecule has 0 aromatic carbocycles. The van der Waals surface area contributed by atoms with Gasteiger partial charge in [0.1, 0.15) is 11.3 Å². The number of aryl methyl sites for hydroxylation is 2. The van der Waals surface area contributed by atoms with Crippen LogP contribution in [0.3, 0.4) is 0 Å². The van der Waals surface area contributed by atoms with E-state index in [9.17, 15) is 4.79 Å².